The predicted molar refractivity (Wildman–Crippen MR) is 120 cm³/mol. The van der Waals surface area contributed by atoms with Gasteiger partial charge in [-0.25, -0.2) is 19.4 Å². The number of aromatic nitrogens is 1. The van der Waals surface area contributed by atoms with E-state index in [0.29, 0.717) is 43.7 Å². The number of nitrogens with zero attached hydrogens (tertiary/aromatic N) is 3. The van der Waals surface area contributed by atoms with Crippen molar-refractivity contribution in [3.63, 3.8) is 0 Å². The third-order valence-corrected chi connectivity index (χ3v) is 5.92. The van der Waals surface area contributed by atoms with E-state index in [4.69, 9.17) is 34.3 Å². The normalized spacial score (nSPS) is 19.9. The zero-order valence-corrected chi connectivity index (χ0v) is 20.4. The molecule has 0 saturated carbocycles. The van der Waals surface area contributed by atoms with Crippen molar-refractivity contribution in [3.8, 4) is 0 Å². The van der Waals surface area contributed by atoms with Gasteiger partial charge in [-0.05, 0) is 24.5 Å². The number of pyridine rings is 1. The van der Waals surface area contributed by atoms with E-state index in [9.17, 15) is 36.2 Å². The van der Waals surface area contributed by atoms with Gasteiger partial charge >= 0.3 is 30.3 Å². The number of hydrogen-bond donors (Lipinski definition) is 3. The molecule has 0 spiro atoms. The van der Waals surface area contributed by atoms with Gasteiger partial charge in [0, 0.05) is 50.9 Å². The lowest BCUT2D eigenvalue weighted by Crippen LogP contribution is -2.38. The van der Waals surface area contributed by atoms with Gasteiger partial charge in [0.25, 0.3) is 0 Å². The van der Waals surface area contributed by atoms with E-state index in [1.54, 1.807) is 0 Å². The van der Waals surface area contributed by atoms with Crippen LogP contribution in [0.25, 0.3) is 0 Å². The van der Waals surface area contributed by atoms with Crippen LogP contribution in [0.4, 0.5) is 32.2 Å². The predicted octanol–water partition coefficient (Wildman–Crippen LogP) is 2.07. The Labute approximate surface area is 217 Å². The van der Waals surface area contributed by atoms with Crippen LogP contribution < -0.4 is 4.90 Å². The van der Waals surface area contributed by atoms with E-state index in [0.717, 1.165) is 56.8 Å². The lowest BCUT2D eigenvalue weighted by Gasteiger charge is -2.29. The van der Waals surface area contributed by atoms with E-state index in [1.807, 2.05) is 11.0 Å². The highest BCUT2D eigenvalue weighted by atomic mass is 19.4. The summed E-state index contributed by atoms with van der Waals surface area (Å²) in [6, 6.07) is 2.34. The zero-order valence-electron chi connectivity index (χ0n) is 20.4. The molecular weight excluding hydrogens is 548 g/mol. The molecule has 0 aromatic carbocycles. The summed E-state index contributed by atoms with van der Waals surface area (Å²) in [7, 11) is 0. The number of fused-ring (bicyclic) bond motifs is 1. The quantitative estimate of drug-likeness (QED) is 0.455. The van der Waals surface area contributed by atoms with E-state index < -0.39 is 30.3 Å². The monoisotopic (exact) mass is 575 g/mol. The third kappa shape index (κ3) is 9.81. The Morgan fingerprint density at radius 1 is 0.846 bits per heavy atom. The topological polar surface area (TPSA) is 150 Å². The number of hydrogen-bond acceptors (Lipinski definition) is 8. The molecule has 2 fully saturated rings. The number of carboxylic acids is 3. The fraction of sp³-hybridized carbons (Fsp3) is 0.636. The molecule has 11 nitrogen and oxygen atoms in total. The number of morpholine rings is 1. The average molecular weight is 575 g/mol. The van der Waals surface area contributed by atoms with Gasteiger partial charge < -0.3 is 29.7 Å². The highest BCUT2D eigenvalue weighted by Crippen LogP contribution is 2.26. The Balaban J connectivity index is 0.000000317. The second-order valence-electron chi connectivity index (χ2n) is 8.53. The van der Waals surface area contributed by atoms with Crippen LogP contribution in [0, 0.1) is 0 Å². The molecule has 1 unspecified atom stereocenters. The highest BCUT2D eigenvalue weighted by molar-refractivity contribution is 5.93. The van der Waals surface area contributed by atoms with Gasteiger partial charge in [0.15, 0.2) is 0 Å². The fourth-order valence-electron chi connectivity index (χ4n) is 3.99. The third-order valence-electron chi connectivity index (χ3n) is 5.92. The Bertz CT molecular complexity index is 985. The molecule has 4 heterocycles. The largest absolute Gasteiger partial charge is 0.490 e. The molecule has 220 valence electrons. The summed E-state index contributed by atoms with van der Waals surface area (Å²) in [5.41, 5.74) is 2.45. The number of anilines is 1. The molecule has 3 aliphatic rings. The van der Waals surface area contributed by atoms with Crippen LogP contribution in [0.15, 0.2) is 6.07 Å². The maximum Gasteiger partial charge on any atom is 0.490 e. The van der Waals surface area contributed by atoms with Crippen molar-refractivity contribution in [2.45, 2.75) is 37.7 Å². The Morgan fingerprint density at radius 2 is 1.38 bits per heavy atom. The molecule has 0 aliphatic carbocycles. The first kappa shape index (κ1) is 32.0. The summed E-state index contributed by atoms with van der Waals surface area (Å²) in [5.74, 6) is -5.81. The SMILES string of the molecule is O=C(O)C(F)(F)F.O=C(O)C(F)(F)F.O=C(O)c1cc2c(nc1N1CCOCC1)CCN(C1CCOC1)CC2. The van der Waals surface area contributed by atoms with Crippen LogP contribution in [0.3, 0.4) is 0 Å². The van der Waals surface area contributed by atoms with Gasteiger partial charge in [-0.15, -0.1) is 0 Å². The number of ether oxygens (including phenoxy) is 2. The van der Waals surface area contributed by atoms with Crippen LogP contribution in [-0.4, -0.2) is 114 Å². The van der Waals surface area contributed by atoms with Crippen molar-refractivity contribution >= 4 is 23.7 Å². The zero-order chi connectivity index (χ0) is 29.4. The van der Waals surface area contributed by atoms with Gasteiger partial charge in [0.2, 0.25) is 0 Å². The number of aliphatic carboxylic acids is 2. The summed E-state index contributed by atoms with van der Waals surface area (Å²) in [6.07, 6.45) is -7.37. The number of aromatic carboxylic acids is 1. The van der Waals surface area contributed by atoms with E-state index >= 15 is 0 Å². The van der Waals surface area contributed by atoms with Gasteiger partial charge in [0.1, 0.15) is 11.4 Å². The summed E-state index contributed by atoms with van der Waals surface area (Å²) in [6.45, 7) is 6.18. The minimum Gasteiger partial charge on any atom is -0.478 e. The molecule has 3 aliphatic heterocycles. The lowest BCUT2D eigenvalue weighted by molar-refractivity contribution is -0.193. The van der Waals surface area contributed by atoms with E-state index in [2.05, 4.69) is 4.90 Å². The van der Waals surface area contributed by atoms with E-state index in [1.165, 1.54) is 0 Å². The standard InChI is InChI=1S/C18H25N3O4.2C2HF3O2/c22-18(23)15-11-13-1-4-20(14-3-8-25-12-14)5-2-16(13)19-17(15)21-6-9-24-10-7-21;2*3-2(4,5)1(6)7/h11,14H,1-10,12H2,(H,22,23);2*(H,6,7). The molecule has 4 rings (SSSR count). The summed E-state index contributed by atoms with van der Waals surface area (Å²) in [5, 5.41) is 23.9. The molecule has 0 bridgehead atoms. The minimum absolute atomic E-state index is 0.318. The first-order valence-corrected chi connectivity index (χ1v) is 11.6. The lowest BCUT2D eigenvalue weighted by atomic mass is 10.1. The maximum absolute atomic E-state index is 11.8. The first-order valence-electron chi connectivity index (χ1n) is 11.6. The second kappa shape index (κ2) is 13.7. The Kier molecular flexibility index (Phi) is 11.3. The van der Waals surface area contributed by atoms with Gasteiger partial charge in [0.05, 0.1) is 19.8 Å². The smallest absolute Gasteiger partial charge is 0.478 e. The van der Waals surface area contributed by atoms with Crippen molar-refractivity contribution in [3.05, 3.63) is 22.9 Å². The van der Waals surface area contributed by atoms with Crippen LogP contribution in [0.1, 0.15) is 28.0 Å². The Hall–Kier alpha value is -3.18. The number of alkyl halides is 6. The molecule has 0 amide bonds. The van der Waals surface area contributed by atoms with Crippen molar-refractivity contribution in [1.82, 2.24) is 9.88 Å². The van der Waals surface area contributed by atoms with E-state index in [-0.39, 0.29) is 0 Å². The number of rotatable bonds is 3. The number of halogens is 6. The van der Waals surface area contributed by atoms with Crippen LogP contribution >= 0.6 is 0 Å². The maximum atomic E-state index is 11.8. The molecule has 1 aromatic rings. The first-order chi connectivity index (χ1) is 18.1. The van der Waals surface area contributed by atoms with Gasteiger partial charge in [-0.1, -0.05) is 0 Å². The molecule has 0 radical (unpaired) electrons. The second-order valence-corrected chi connectivity index (χ2v) is 8.53. The molecule has 2 saturated heterocycles. The van der Waals surface area contributed by atoms with Crippen molar-refractivity contribution in [2.75, 3.05) is 57.5 Å². The Morgan fingerprint density at radius 3 is 1.85 bits per heavy atom. The summed E-state index contributed by atoms with van der Waals surface area (Å²) in [4.78, 5) is 38.9. The summed E-state index contributed by atoms with van der Waals surface area (Å²) >= 11 is 0. The summed E-state index contributed by atoms with van der Waals surface area (Å²) < 4.78 is 74.4. The molecule has 3 N–H and O–H groups in total. The highest BCUT2D eigenvalue weighted by Gasteiger charge is 2.39. The van der Waals surface area contributed by atoms with Gasteiger partial charge in [-0.2, -0.15) is 26.3 Å². The number of carboxylic acid groups (broad SMARTS) is 3. The minimum atomic E-state index is -5.08. The average Bonchev–Trinajstić information content (AvgIpc) is 3.31. The number of carbonyl (C=O) groups is 3. The van der Waals surface area contributed by atoms with Crippen molar-refractivity contribution in [2.24, 2.45) is 0 Å². The van der Waals surface area contributed by atoms with Crippen molar-refractivity contribution < 1.29 is 65.5 Å². The van der Waals surface area contributed by atoms with Crippen LogP contribution in [0.2, 0.25) is 0 Å². The van der Waals surface area contributed by atoms with Crippen LogP contribution in [0.5, 0.6) is 0 Å². The molecule has 1 aromatic heterocycles. The van der Waals surface area contributed by atoms with Gasteiger partial charge in [-0.3, -0.25) is 4.90 Å². The molecule has 17 heteroatoms. The van der Waals surface area contributed by atoms with Crippen LogP contribution in [-0.2, 0) is 31.9 Å². The van der Waals surface area contributed by atoms with Crippen molar-refractivity contribution in [1.29, 1.82) is 0 Å². The molecule has 39 heavy (non-hydrogen) atoms. The fourth-order valence-corrected chi connectivity index (χ4v) is 3.99. The molecule has 1 atom stereocenters. The molecular formula is C22H27F6N3O8.